The molecular formula is C19H35N3O2. The van der Waals surface area contributed by atoms with Gasteiger partial charge < -0.3 is 9.84 Å². The maximum Gasteiger partial charge on any atom is 0.274 e. The number of likely N-dealkylation sites (N-methyl/N-ethyl adjacent to an activating group) is 1. The van der Waals surface area contributed by atoms with E-state index in [1.54, 1.807) is 0 Å². The Bertz CT molecular complexity index is 521. The number of carbonyl (C=O) groups excluding carboxylic acids is 1. The highest BCUT2D eigenvalue weighted by atomic mass is 16.5. The molecule has 1 aromatic heterocycles. The van der Waals surface area contributed by atoms with E-state index in [0.29, 0.717) is 5.69 Å². The Labute approximate surface area is 147 Å². The van der Waals surface area contributed by atoms with Crippen molar-refractivity contribution in [2.24, 2.45) is 0 Å². The van der Waals surface area contributed by atoms with Crippen molar-refractivity contribution in [3.8, 4) is 0 Å². The molecule has 0 aliphatic carbocycles. The fraction of sp³-hybridized carbons (Fsp3) is 0.789. The molecule has 1 amide bonds. The molecule has 0 aromatic carbocycles. The Kier molecular flexibility index (Phi) is 7.94. The van der Waals surface area contributed by atoms with Crippen LogP contribution in [0.3, 0.4) is 0 Å². The molecule has 0 aliphatic heterocycles. The molecule has 0 radical (unpaired) electrons. The normalized spacial score (nSPS) is 13.3. The van der Waals surface area contributed by atoms with E-state index in [4.69, 9.17) is 4.52 Å². The number of aryl methyl sites for hydroxylation is 1. The summed E-state index contributed by atoms with van der Waals surface area (Å²) in [6.07, 6.45) is 3.85. The van der Waals surface area contributed by atoms with Gasteiger partial charge in [0.15, 0.2) is 5.69 Å². The average molecular weight is 338 g/mol. The Hall–Kier alpha value is -1.36. The molecule has 0 saturated carbocycles. The molecule has 1 atom stereocenters. The van der Waals surface area contributed by atoms with Crippen molar-refractivity contribution in [1.29, 1.82) is 0 Å². The van der Waals surface area contributed by atoms with E-state index in [-0.39, 0.29) is 17.5 Å². The third-order valence-electron chi connectivity index (χ3n) is 5.44. The number of hydrogen-bond donors (Lipinski definition) is 1. The lowest BCUT2D eigenvalue weighted by molar-refractivity contribution is 0.0464. The monoisotopic (exact) mass is 337 g/mol. The zero-order valence-electron chi connectivity index (χ0n) is 16.5. The number of amides is 1. The van der Waals surface area contributed by atoms with Crippen molar-refractivity contribution < 1.29 is 9.32 Å². The third kappa shape index (κ3) is 4.00. The van der Waals surface area contributed by atoms with Crippen molar-refractivity contribution >= 4 is 5.91 Å². The van der Waals surface area contributed by atoms with Crippen LogP contribution in [0.4, 0.5) is 0 Å². The highest BCUT2D eigenvalue weighted by molar-refractivity contribution is 5.94. The number of carbonyl (C=O) groups is 1. The van der Waals surface area contributed by atoms with Crippen molar-refractivity contribution in [2.45, 2.75) is 85.7 Å². The minimum Gasteiger partial charge on any atom is -0.360 e. The van der Waals surface area contributed by atoms with E-state index in [0.717, 1.165) is 50.1 Å². The van der Waals surface area contributed by atoms with Gasteiger partial charge in [-0.1, -0.05) is 39.8 Å². The van der Waals surface area contributed by atoms with Crippen LogP contribution in [0.25, 0.3) is 0 Å². The van der Waals surface area contributed by atoms with Gasteiger partial charge in [0, 0.05) is 23.6 Å². The van der Waals surface area contributed by atoms with E-state index in [1.807, 2.05) is 13.8 Å². The first-order valence-corrected chi connectivity index (χ1v) is 9.42. The van der Waals surface area contributed by atoms with E-state index in [1.165, 1.54) is 0 Å². The first kappa shape index (κ1) is 20.7. The molecule has 24 heavy (non-hydrogen) atoms. The van der Waals surface area contributed by atoms with Gasteiger partial charge in [0.1, 0.15) is 5.76 Å². The molecule has 5 nitrogen and oxygen atoms in total. The van der Waals surface area contributed by atoms with Gasteiger partial charge in [0.2, 0.25) is 0 Å². The lowest BCUT2D eigenvalue weighted by Gasteiger charge is -2.47. The summed E-state index contributed by atoms with van der Waals surface area (Å²) in [5.74, 6) is 0.647. The van der Waals surface area contributed by atoms with E-state index >= 15 is 0 Å². The van der Waals surface area contributed by atoms with Crippen LogP contribution in [0.1, 0.15) is 82.6 Å². The van der Waals surface area contributed by atoms with Crippen LogP contribution in [0, 0.1) is 6.92 Å². The molecule has 1 N–H and O–H groups in total. The summed E-state index contributed by atoms with van der Waals surface area (Å²) < 4.78 is 5.27. The Morgan fingerprint density at radius 2 is 1.88 bits per heavy atom. The second-order valence-electron chi connectivity index (χ2n) is 6.52. The molecule has 1 rings (SSSR count). The van der Waals surface area contributed by atoms with Gasteiger partial charge in [0.25, 0.3) is 5.91 Å². The maximum atomic E-state index is 12.7. The van der Waals surface area contributed by atoms with Gasteiger partial charge in [-0.15, -0.1) is 0 Å². The number of hydrogen-bond acceptors (Lipinski definition) is 4. The second-order valence-corrected chi connectivity index (χ2v) is 6.52. The molecule has 0 saturated heterocycles. The standard InChI is InChI=1S/C19H35N3O2/c1-8-13-22(12-5)19(10-3,11-4)15(7)20-18(23)17-14(6)16(9-2)24-21-17/h15H,8-13H2,1-7H3,(H,20,23). The second kappa shape index (κ2) is 9.21. The van der Waals surface area contributed by atoms with Crippen LogP contribution in [0.2, 0.25) is 0 Å². The number of rotatable bonds is 10. The maximum absolute atomic E-state index is 12.7. The Balaban J connectivity index is 3.01. The summed E-state index contributed by atoms with van der Waals surface area (Å²) in [5, 5.41) is 7.16. The Morgan fingerprint density at radius 3 is 2.29 bits per heavy atom. The molecule has 1 heterocycles. The quantitative estimate of drug-likeness (QED) is 0.702. The van der Waals surface area contributed by atoms with Crippen LogP contribution in [-0.2, 0) is 6.42 Å². The highest BCUT2D eigenvalue weighted by Gasteiger charge is 2.39. The topological polar surface area (TPSA) is 58.4 Å². The van der Waals surface area contributed by atoms with Gasteiger partial charge in [-0.25, -0.2) is 0 Å². The smallest absolute Gasteiger partial charge is 0.274 e. The first-order valence-electron chi connectivity index (χ1n) is 9.42. The summed E-state index contributed by atoms with van der Waals surface area (Å²) in [4.78, 5) is 15.2. The predicted molar refractivity (Wildman–Crippen MR) is 98.4 cm³/mol. The lowest BCUT2D eigenvalue weighted by Crippen LogP contribution is -2.60. The minimum absolute atomic E-state index is 0.0349. The van der Waals surface area contributed by atoms with Gasteiger partial charge in [0.05, 0.1) is 0 Å². The van der Waals surface area contributed by atoms with Gasteiger partial charge >= 0.3 is 0 Å². The molecule has 0 bridgehead atoms. The molecule has 0 aliphatic rings. The summed E-state index contributed by atoms with van der Waals surface area (Å²) in [7, 11) is 0. The van der Waals surface area contributed by atoms with E-state index in [9.17, 15) is 4.79 Å². The van der Waals surface area contributed by atoms with E-state index < -0.39 is 0 Å². The molecule has 0 fully saturated rings. The highest BCUT2D eigenvalue weighted by Crippen LogP contribution is 2.29. The van der Waals surface area contributed by atoms with Crippen molar-refractivity contribution in [3.05, 3.63) is 17.0 Å². The summed E-state index contributed by atoms with van der Waals surface area (Å²) >= 11 is 0. The van der Waals surface area contributed by atoms with Crippen molar-refractivity contribution in [3.63, 3.8) is 0 Å². The van der Waals surface area contributed by atoms with E-state index in [2.05, 4.69) is 50.0 Å². The molecule has 5 heteroatoms. The summed E-state index contributed by atoms with van der Waals surface area (Å²) in [6, 6.07) is 0.0349. The van der Waals surface area contributed by atoms with Gasteiger partial charge in [-0.3, -0.25) is 9.69 Å². The van der Waals surface area contributed by atoms with Gasteiger partial charge in [-0.2, -0.15) is 0 Å². The summed E-state index contributed by atoms with van der Waals surface area (Å²) in [6.45, 7) is 16.9. The summed E-state index contributed by atoms with van der Waals surface area (Å²) in [5.41, 5.74) is 1.23. The molecule has 1 unspecified atom stereocenters. The molecule has 138 valence electrons. The van der Waals surface area contributed by atoms with Crippen LogP contribution in [0.5, 0.6) is 0 Å². The molecular weight excluding hydrogens is 302 g/mol. The largest absolute Gasteiger partial charge is 0.360 e. The van der Waals surface area contributed by atoms with Crippen LogP contribution < -0.4 is 5.32 Å². The number of nitrogens with zero attached hydrogens (tertiary/aromatic N) is 2. The van der Waals surface area contributed by atoms with Crippen LogP contribution >= 0.6 is 0 Å². The first-order chi connectivity index (χ1) is 11.4. The zero-order valence-corrected chi connectivity index (χ0v) is 16.5. The number of nitrogens with one attached hydrogen (secondary N) is 1. The average Bonchev–Trinajstić information content (AvgIpc) is 2.96. The SMILES string of the molecule is CCCN(CC)C(CC)(CC)C(C)NC(=O)c1noc(CC)c1C. The van der Waals surface area contributed by atoms with Gasteiger partial charge in [-0.05, 0) is 46.2 Å². The number of aromatic nitrogens is 1. The fourth-order valence-corrected chi connectivity index (χ4v) is 3.86. The zero-order chi connectivity index (χ0) is 18.3. The third-order valence-corrected chi connectivity index (χ3v) is 5.44. The lowest BCUT2D eigenvalue weighted by atomic mass is 9.83. The van der Waals surface area contributed by atoms with Crippen molar-refractivity contribution in [2.75, 3.05) is 13.1 Å². The Morgan fingerprint density at radius 1 is 1.25 bits per heavy atom. The molecule has 1 aromatic rings. The molecule has 0 spiro atoms. The minimum atomic E-state index is -0.137. The van der Waals surface area contributed by atoms with Crippen LogP contribution in [0.15, 0.2) is 4.52 Å². The predicted octanol–water partition coefficient (Wildman–Crippen LogP) is 3.95. The fourth-order valence-electron chi connectivity index (χ4n) is 3.86. The van der Waals surface area contributed by atoms with Crippen LogP contribution in [-0.4, -0.2) is 40.6 Å². The van der Waals surface area contributed by atoms with Crippen molar-refractivity contribution in [1.82, 2.24) is 15.4 Å².